The van der Waals surface area contributed by atoms with E-state index < -0.39 is 11.4 Å². The predicted molar refractivity (Wildman–Crippen MR) is 132 cm³/mol. The summed E-state index contributed by atoms with van der Waals surface area (Å²) >= 11 is 1.97. The maximum absolute atomic E-state index is 14.3. The van der Waals surface area contributed by atoms with Crippen LogP contribution in [0.4, 0.5) is 4.39 Å². The molecule has 2 aliphatic heterocycles. The number of carbonyl (C=O) groups excluding carboxylic acids is 1. The van der Waals surface area contributed by atoms with E-state index in [0.29, 0.717) is 18.7 Å². The first kappa shape index (κ1) is 22.4. The number of fused-ring (bicyclic) bond motifs is 3. The molecule has 1 aromatic carbocycles. The normalized spacial score (nSPS) is 32.2. The van der Waals surface area contributed by atoms with Gasteiger partial charge in [-0.05, 0) is 67.3 Å². The summed E-state index contributed by atoms with van der Waals surface area (Å²) in [4.78, 5) is 24.9. The van der Waals surface area contributed by atoms with Crippen LogP contribution in [0, 0.1) is 11.2 Å². The van der Waals surface area contributed by atoms with Crippen molar-refractivity contribution in [3.05, 3.63) is 53.6 Å². The molecule has 2 unspecified atom stereocenters. The van der Waals surface area contributed by atoms with Crippen molar-refractivity contribution in [3.63, 3.8) is 0 Å². The molecular weight excluding hydrogens is 550 g/mol. The fourth-order valence-corrected chi connectivity index (χ4v) is 6.78. The molecule has 7 nitrogen and oxygen atoms in total. The maximum atomic E-state index is 14.3. The number of guanidine groups is 1. The molecule has 2 aliphatic carbocycles. The number of halogens is 2. The molecule has 2 atom stereocenters. The van der Waals surface area contributed by atoms with Crippen LogP contribution in [0.15, 0.2) is 41.7 Å². The van der Waals surface area contributed by atoms with E-state index in [2.05, 4.69) is 11.1 Å². The lowest BCUT2D eigenvalue weighted by molar-refractivity contribution is -0.141. The molecule has 34 heavy (non-hydrogen) atoms. The summed E-state index contributed by atoms with van der Waals surface area (Å²) in [5, 5.41) is 0. The summed E-state index contributed by atoms with van der Waals surface area (Å²) in [6.07, 6.45) is 8.06. The second kappa shape index (κ2) is 8.23. The number of carbonyl (C=O) groups is 1. The molecule has 1 saturated carbocycles. The Hall–Kier alpha value is -2.11. The Labute approximate surface area is 211 Å². The molecule has 0 bridgehead atoms. The minimum atomic E-state index is -1.08. The second-order valence-corrected chi connectivity index (χ2v) is 10.4. The van der Waals surface area contributed by atoms with Crippen molar-refractivity contribution in [1.29, 1.82) is 0 Å². The lowest BCUT2D eigenvalue weighted by Gasteiger charge is -2.45. The summed E-state index contributed by atoms with van der Waals surface area (Å²) in [6.45, 7) is 1.14. The number of ether oxygens (including phenoxy) is 1. The number of rotatable bonds is 4. The summed E-state index contributed by atoms with van der Waals surface area (Å²) in [5.74, 6) is -0.201. The Morgan fingerprint density at radius 1 is 1.21 bits per heavy atom. The van der Waals surface area contributed by atoms with Crippen molar-refractivity contribution in [2.24, 2.45) is 16.1 Å². The minimum Gasteiger partial charge on any atom is -0.376 e. The molecule has 9 heteroatoms. The zero-order valence-electron chi connectivity index (χ0n) is 18.7. The largest absolute Gasteiger partial charge is 0.376 e. The van der Waals surface area contributed by atoms with E-state index in [-0.39, 0.29) is 29.5 Å². The Morgan fingerprint density at radius 3 is 2.68 bits per heavy atom. The first-order chi connectivity index (χ1) is 16.5. The number of nitrogens with two attached hydrogens (primary N) is 1. The van der Waals surface area contributed by atoms with Crippen molar-refractivity contribution in [2.75, 3.05) is 13.2 Å². The maximum Gasteiger partial charge on any atom is 0.262 e. The standard InChI is InChI=1S/C25H26FIN4O3/c26-18-9-17(12-29-13-18)15-1-2-16-11-24(6-3-19(34-27)4-7-24)25(21(16)10-15)22(32)31(23(28)30-25)14-20-5-8-33-20/h1-2,9-10,12-13,19-20H,3-8,11,14H2,(H2,28,30). The highest BCUT2D eigenvalue weighted by molar-refractivity contribution is 14.1. The van der Waals surface area contributed by atoms with E-state index in [9.17, 15) is 9.18 Å². The van der Waals surface area contributed by atoms with Gasteiger partial charge >= 0.3 is 0 Å². The first-order valence-corrected chi connectivity index (χ1v) is 12.6. The van der Waals surface area contributed by atoms with Gasteiger partial charge in [0.05, 0.1) is 24.9 Å². The monoisotopic (exact) mass is 576 g/mol. The predicted octanol–water partition coefficient (Wildman–Crippen LogP) is 3.88. The molecule has 178 valence electrons. The lowest BCUT2D eigenvalue weighted by atomic mass is 9.61. The fraction of sp³-hybridized carbons (Fsp3) is 0.480. The molecule has 1 amide bonds. The summed E-state index contributed by atoms with van der Waals surface area (Å²) in [6, 6.07) is 7.50. The smallest absolute Gasteiger partial charge is 0.262 e. The van der Waals surface area contributed by atoms with E-state index in [1.54, 1.807) is 11.1 Å². The van der Waals surface area contributed by atoms with Gasteiger partial charge in [-0.3, -0.25) is 14.7 Å². The summed E-state index contributed by atoms with van der Waals surface area (Å²) < 4.78 is 25.1. The van der Waals surface area contributed by atoms with Crippen LogP contribution < -0.4 is 5.73 Å². The molecule has 0 radical (unpaired) electrons. The number of hydrogen-bond acceptors (Lipinski definition) is 6. The molecule has 1 saturated heterocycles. The first-order valence-electron chi connectivity index (χ1n) is 11.8. The zero-order valence-corrected chi connectivity index (χ0v) is 20.8. The van der Waals surface area contributed by atoms with Gasteiger partial charge in [0, 0.05) is 23.8 Å². The minimum absolute atomic E-state index is 0.00228. The number of hydrogen-bond donors (Lipinski definition) is 1. The van der Waals surface area contributed by atoms with E-state index >= 15 is 0 Å². The molecule has 4 aliphatic rings. The van der Waals surface area contributed by atoms with Gasteiger partial charge < -0.3 is 13.5 Å². The molecule has 6 rings (SSSR count). The van der Waals surface area contributed by atoms with E-state index in [1.807, 2.05) is 35.1 Å². The van der Waals surface area contributed by atoms with Crippen LogP contribution in [-0.2, 0) is 24.6 Å². The van der Waals surface area contributed by atoms with Crippen LogP contribution in [-0.4, -0.2) is 47.1 Å². The van der Waals surface area contributed by atoms with Crippen LogP contribution in [0.3, 0.4) is 0 Å². The highest BCUT2D eigenvalue weighted by Crippen LogP contribution is 2.62. The average molecular weight is 576 g/mol. The van der Waals surface area contributed by atoms with E-state index in [1.165, 1.54) is 12.3 Å². The van der Waals surface area contributed by atoms with Gasteiger partial charge in [0.15, 0.2) is 11.5 Å². The van der Waals surface area contributed by atoms with Crippen LogP contribution >= 0.6 is 23.0 Å². The lowest BCUT2D eigenvalue weighted by Crippen LogP contribution is -2.54. The van der Waals surface area contributed by atoms with Gasteiger partial charge in [-0.2, -0.15) is 0 Å². The van der Waals surface area contributed by atoms with Crippen molar-refractivity contribution in [1.82, 2.24) is 9.88 Å². The Bertz CT molecular complexity index is 1180. The number of aliphatic imine (C=N–C) groups is 1. The second-order valence-electron chi connectivity index (χ2n) is 9.89. The van der Waals surface area contributed by atoms with Crippen molar-refractivity contribution in [2.45, 2.75) is 56.3 Å². The third-order valence-corrected chi connectivity index (χ3v) is 8.86. The molecule has 3 heterocycles. The van der Waals surface area contributed by atoms with Gasteiger partial charge in [-0.25, -0.2) is 9.38 Å². The number of pyridine rings is 1. The number of amides is 1. The van der Waals surface area contributed by atoms with Gasteiger partial charge in [-0.15, -0.1) is 0 Å². The van der Waals surface area contributed by atoms with Gasteiger partial charge in [0.1, 0.15) is 28.8 Å². The van der Waals surface area contributed by atoms with Crippen molar-refractivity contribution < 1.29 is 17.0 Å². The number of benzene rings is 1. The fourth-order valence-electron chi connectivity index (χ4n) is 6.28. The Balaban J connectivity index is 1.47. The van der Waals surface area contributed by atoms with Gasteiger partial charge in [0.25, 0.3) is 5.91 Å². The van der Waals surface area contributed by atoms with Gasteiger partial charge in [0.2, 0.25) is 0 Å². The van der Waals surface area contributed by atoms with Gasteiger partial charge in [-0.1, -0.05) is 12.1 Å². The molecular formula is C25H26FIN4O3. The van der Waals surface area contributed by atoms with Crippen LogP contribution in [0.2, 0.25) is 0 Å². The molecule has 2 aromatic rings. The van der Waals surface area contributed by atoms with E-state index in [4.69, 9.17) is 18.5 Å². The molecule has 2 N–H and O–H groups in total. The summed E-state index contributed by atoms with van der Waals surface area (Å²) in [5.41, 5.74) is 8.46. The van der Waals surface area contributed by atoms with Crippen molar-refractivity contribution >= 4 is 34.9 Å². The summed E-state index contributed by atoms with van der Waals surface area (Å²) in [7, 11) is 0. The van der Waals surface area contributed by atoms with Crippen LogP contribution in [0.5, 0.6) is 0 Å². The molecule has 2 spiro atoms. The highest BCUT2D eigenvalue weighted by Gasteiger charge is 2.66. The average Bonchev–Trinajstić information content (AvgIpc) is 3.22. The van der Waals surface area contributed by atoms with Crippen LogP contribution in [0.1, 0.15) is 43.2 Å². The third-order valence-electron chi connectivity index (χ3n) is 8.14. The highest BCUT2D eigenvalue weighted by atomic mass is 127. The molecule has 2 fully saturated rings. The SMILES string of the molecule is NC1=NC2(C(=O)N1CC1CCO1)c1cc(-c3cncc(F)c3)ccc1CC21CCC(OI)CC1. The van der Waals surface area contributed by atoms with E-state index in [0.717, 1.165) is 55.2 Å². The Kier molecular flexibility index (Phi) is 5.42. The quantitative estimate of drug-likeness (QED) is 0.559. The van der Waals surface area contributed by atoms with Crippen molar-refractivity contribution in [3.8, 4) is 11.1 Å². The topological polar surface area (TPSA) is 90.0 Å². The molecule has 1 aromatic heterocycles. The number of aromatic nitrogens is 1. The number of nitrogens with zero attached hydrogens (tertiary/aromatic N) is 3. The van der Waals surface area contributed by atoms with Crippen LogP contribution in [0.25, 0.3) is 11.1 Å². The third kappa shape index (κ3) is 3.23. The zero-order chi connectivity index (χ0) is 23.5. The Morgan fingerprint density at radius 2 is 2.00 bits per heavy atom.